The monoisotopic (exact) mass is 586 g/mol. The quantitative estimate of drug-likeness (QED) is 0.198. The number of halogens is 4. The summed E-state index contributed by atoms with van der Waals surface area (Å²) in [6, 6.07) is 14.2. The molecule has 0 spiro atoms. The fraction of sp³-hybridized carbons (Fsp3) is 0. The molecule has 4 aromatic rings. The van der Waals surface area contributed by atoms with Crippen molar-refractivity contribution in [1.82, 2.24) is 4.98 Å². The zero-order valence-corrected chi connectivity index (χ0v) is 19.2. The van der Waals surface area contributed by atoms with Gasteiger partial charge in [0.15, 0.2) is 5.58 Å². The summed E-state index contributed by atoms with van der Waals surface area (Å²) in [5, 5.41) is 11.3. The first-order valence-corrected chi connectivity index (χ1v) is 10.6. The van der Waals surface area contributed by atoms with Crippen LogP contribution in [0.1, 0.15) is 5.56 Å². The third-order valence-electron chi connectivity index (χ3n) is 3.94. The molecule has 0 aliphatic carbocycles. The average molecular weight is 588 g/mol. The molecular weight excluding hydrogens is 578 g/mol. The minimum absolute atomic E-state index is 0.178. The van der Waals surface area contributed by atoms with Gasteiger partial charge in [-0.3, -0.25) is 4.99 Å². The van der Waals surface area contributed by atoms with Crippen LogP contribution in [0.4, 0.5) is 5.69 Å². The van der Waals surface area contributed by atoms with Crippen molar-refractivity contribution in [2.24, 2.45) is 4.99 Å². The predicted molar refractivity (Wildman–Crippen MR) is 125 cm³/mol. The molecule has 4 nitrogen and oxygen atoms in total. The maximum atomic E-state index is 10.2. The Hall–Kier alpha value is -1.61. The maximum Gasteiger partial charge on any atom is 0.228 e. The molecule has 0 saturated carbocycles. The highest BCUT2D eigenvalue weighted by Gasteiger charge is 2.13. The number of aliphatic imine (C=N–C) groups is 1. The van der Waals surface area contributed by atoms with Crippen LogP contribution in [0.15, 0.2) is 62.4 Å². The Morgan fingerprint density at radius 2 is 1.93 bits per heavy atom. The SMILES string of the molecule is Oc1c(I)cc(Br)cc1C=Nc1ccc(Cl)c(-c2nc3cc(Cl)ccc3o2)c1. The van der Waals surface area contributed by atoms with Crippen LogP contribution in [-0.2, 0) is 0 Å². The van der Waals surface area contributed by atoms with Crippen molar-refractivity contribution in [3.63, 3.8) is 0 Å². The van der Waals surface area contributed by atoms with Crippen LogP contribution in [0.5, 0.6) is 5.75 Å². The van der Waals surface area contributed by atoms with Gasteiger partial charge in [-0.15, -0.1) is 0 Å². The molecule has 28 heavy (non-hydrogen) atoms. The molecule has 0 unspecified atom stereocenters. The maximum absolute atomic E-state index is 10.2. The summed E-state index contributed by atoms with van der Waals surface area (Å²) in [7, 11) is 0. The molecule has 1 N–H and O–H groups in total. The molecule has 0 radical (unpaired) electrons. The number of hydrogen-bond acceptors (Lipinski definition) is 4. The highest BCUT2D eigenvalue weighted by molar-refractivity contribution is 14.1. The van der Waals surface area contributed by atoms with Crippen LogP contribution < -0.4 is 0 Å². The zero-order chi connectivity index (χ0) is 19.8. The Bertz CT molecular complexity index is 1240. The van der Waals surface area contributed by atoms with Crippen molar-refractivity contribution in [2.45, 2.75) is 0 Å². The molecule has 0 bridgehead atoms. The normalized spacial score (nSPS) is 11.6. The third-order valence-corrected chi connectivity index (χ3v) is 5.79. The lowest BCUT2D eigenvalue weighted by Gasteiger charge is -2.04. The molecule has 1 aromatic heterocycles. The lowest BCUT2D eigenvalue weighted by atomic mass is 10.2. The number of hydrogen-bond donors (Lipinski definition) is 1. The lowest BCUT2D eigenvalue weighted by molar-refractivity contribution is 0.470. The molecule has 3 aromatic carbocycles. The lowest BCUT2D eigenvalue weighted by Crippen LogP contribution is -1.86. The smallest absolute Gasteiger partial charge is 0.228 e. The molecule has 0 fully saturated rings. The number of phenols is 1. The molecule has 4 rings (SSSR count). The minimum atomic E-state index is 0.178. The summed E-state index contributed by atoms with van der Waals surface area (Å²) in [4.78, 5) is 8.92. The van der Waals surface area contributed by atoms with Gasteiger partial charge >= 0.3 is 0 Å². The van der Waals surface area contributed by atoms with Gasteiger partial charge in [-0.05, 0) is 71.1 Å². The van der Waals surface area contributed by atoms with Crippen LogP contribution in [0.3, 0.4) is 0 Å². The number of aromatic nitrogens is 1. The largest absolute Gasteiger partial charge is 0.506 e. The van der Waals surface area contributed by atoms with Crippen molar-refractivity contribution in [2.75, 3.05) is 0 Å². The van der Waals surface area contributed by atoms with Crippen molar-refractivity contribution in [1.29, 1.82) is 0 Å². The summed E-state index contributed by atoms with van der Waals surface area (Å²) in [6.07, 6.45) is 1.60. The van der Waals surface area contributed by atoms with E-state index < -0.39 is 0 Å². The number of benzene rings is 3. The number of rotatable bonds is 3. The zero-order valence-electron chi connectivity index (χ0n) is 14.0. The second kappa shape index (κ2) is 8.02. The van der Waals surface area contributed by atoms with Gasteiger partial charge in [0, 0.05) is 21.3 Å². The van der Waals surface area contributed by atoms with E-state index in [1.165, 1.54) is 0 Å². The number of phenolic OH excluding ortho intramolecular Hbond substituents is 1. The van der Waals surface area contributed by atoms with Gasteiger partial charge in [0.05, 0.1) is 19.8 Å². The average Bonchev–Trinajstić information content (AvgIpc) is 3.07. The third kappa shape index (κ3) is 4.05. The Labute approximate surface area is 192 Å². The summed E-state index contributed by atoms with van der Waals surface area (Å²) < 4.78 is 7.40. The van der Waals surface area contributed by atoms with Gasteiger partial charge in [-0.2, -0.15) is 0 Å². The second-order valence-corrected chi connectivity index (χ2v) is 8.80. The molecule has 8 heteroatoms. The van der Waals surface area contributed by atoms with E-state index in [1.807, 2.05) is 6.07 Å². The Kier molecular flexibility index (Phi) is 5.64. The van der Waals surface area contributed by atoms with Crippen molar-refractivity contribution >= 4 is 84.7 Å². The van der Waals surface area contributed by atoms with E-state index in [0.717, 1.165) is 8.04 Å². The highest BCUT2D eigenvalue weighted by atomic mass is 127. The molecule has 140 valence electrons. The topological polar surface area (TPSA) is 58.6 Å². The van der Waals surface area contributed by atoms with Crippen LogP contribution in [0, 0.1) is 3.57 Å². The fourth-order valence-corrected chi connectivity index (χ4v) is 4.52. The van der Waals surface area contributed by atoms with Gasteiger partial charge < -0.3 is 9.52 Å². The summed E-state index contributed by atoms with van der Waals surface area (Å²) in [5.74, 6) is 0.566. The van der Waals surface area contributed by atoms with Gasteiger partial charge in [0.2, 0.25) is 5.89 Å². The molecule has 1 heterocycles. The minimum Gasteiger partial charge on any atom is -0.506 e. The van der Waals surface area contributed by atoms with Crippen LogP contribution in [0.2, 0.25) is 10.0 Å². The van der Waals surface area contributed by atoms with Gasteiger partial charge in [0.25, 0.3) is 0 Å². The number of nitrogens with zero attached hydrogens (tertiary/aromatic N) is 2. The van der Waals surface area contributed by atoms with Crippen molar-refractivity contribution in [3.8, 4) is 17.2 Å². The number of fused-ring (bicyclic) bond motifs is 1. The van der Waals surface area contributed by atoms with Crippen LogP contribution in [0.25, 0.3) is 22.6 Å². The first-order chi connectivity index (χ1) is 13.4. The van der Waals surface area contributed by atoms with E-state index in [-0.39, 0.29) is 5.75 Å². The van der Waals surface area contributed by atoms with E-state index in [2.05, 4.69) is 48.5 Å². The summed E-state index contributed by atoms with van der Waals surface area (Å²) in [5.41, 5.74) is 3.15. The molecule has 0 amide bonds. The Balaban J connectivity index is 1.73. The standard InChI is InChI=1S/C20H10BrCl2IN2O2/c21-11-5-10(19(27)16(24)6-11)9-25-13-2-3-15(23)14(8-13)20-26-17-7-12(22)1-4-18(17)28-20/h1-9,27H. The fourth-order valence-electron chi connectivity index (χ4n) is 2.60. The van der Waals surface area contributed by atoms with E-state index in [4.69, 9.17) is 27.6 Å². The number of oxazole rings is 1. The van der Waals surface area contributed by atoms with E-state index >= 15 is 0 Å². The first-order valence-electron chi connectivity index (χ1n) is 7.99. The van der Waals surface area contributed by atoms with E-state index in [0.29, 0.717) is 43.9 Å². The molecular formula is C20H10BrCl2IN2O2. The first kappa shape index (κ1) is 19.7. The highest BCUT2D eigenvalue weighted by Crippen LogP contribution is 2.34. The molecule has 0 saturated heterocycles. The van der Waals surface area contributed by atoms with Crippen LogP contribution in [-0.4, -0.2) is 16.3 Å². The van der Waals surface area contributed by atoms with Gasteiger partial charge in [-0.1, -0.05) is 39.1 Å². The number of aromatic hydroxyl groups is 1. The van der Waals surface area contributed by atoms with Crippen molar-refractivity contribution < 1.29 is 9.52 Å². The van der Waals surface area contributed by atoms with Crippen molar-refractivity contribution in [3.05, 3.63) is 72.2 Å². The van der Waals surface area contributed by atoms with E-state index in [9.17, 15) is 5.11 Å². The van der Waals surface area contributed by atoms with Crippen LogP contribution >= 0.6 is 61.7 Å². The van der Waals surface area contributed by atoms with Gasteiger partial charge in [-0.25, -0.2) is 4.98 Å². The second-order valence-electron chi connectivity index (χ2n) is 5.88. The van der Waals surface area contributed by atoms with Gasteiger partial charge in [0.1, 0.15) is 11.3 Å². The molecule has 0 atom stereocenters. The summed E-state index contributed by atoms with van der Waals surface area (Å²) in [6.45, 7) is 0. The Morgan fingerprint density at radius 1 is 1.11 bits per heavy atom. The molecule has 0 aliphatic rings. The Morgan fingerprint density at radius 3 is 2.75 bits per heavy atom. The molecule has 0 aliphatic heterocycles. The van der Waals surface area contributed by atoms with E-state index in [1.54, 1.807) is 48.7 Å². The summed E-state index contributed by atoms with van der Waals surface area (Å²) >= 11 is 17.9. The predicted octanol–water partition coefficient (Wildman–Crippen LogP) is 7.62.